The molecule has 0 fully saturated rings. The molecule has 3 N–H and O–H groups in total. The zero-order valence-electron chi connectivity index (χ0n) is 11.7. The molecule has 0 bridgehead atoms. The summed E-state index contributed by atoms with van der Waals surface area (Å²) >= 11 is 0. The van der Waals surface area contributed by atoms with Gasteiger partial charge in [-0.3, -0.25) is 5.10 Å². The van der Waals surface area contributed by atoms with Crippen LogP contribution >= 0.6 is 0 Å². The fourth-order valence-corrected chi connectivity index (χ4v) is 3.29. The largest absolute Gasteiger partial charge is 0.392 e. The number of H-pyrrole nitrogens is 1. The molecule has 0 aliphatic rings. The molecule has 1 aromatic carbocycles. The van der Waals surface area contributed by atoms with Crippen molar-refractivity contribution in [1.82, 2.24) is 19.9 Å². The van der Waals surface area contributed by atoms with Crippen LogP contribution in [0.15, 0.2) is 29.4 Å². The van der Waals surface area contributed by atoms with Crippen molar-refractivity contribution in [2.45, 2.75) is 31.3 Å². The van der Waals surface area contributed by atoms with Crippen molar-refractivity contribution in [3.8, 4) is 0 Å². The summed E-state index contributed by atoms with van der Waals surface area (Å²) in [6.07, 6.45) is 2.66. The highest BCUT2D eigenvalue weighted by Gasteiger charge is 2.16. The molecule has 0 spiro atoms. The summed E-state index contributed by atoms with van der Waals surface area (Å²) in [5, 5.41) is 15.6. The number of aliphatic hydroxyl groups excluding tert-OH is 1. The lowest BCUT2D eigenvalue weighted by molar-refractivity contribution is 0.281. The second kappa shape index (κ2) is 6.79. The third kappa shape index (κ3) is 4.10. The first-order valence-corrected chi connectivity index (χ1v) is 8.05. The Balaban J connectivity index is 1.98. The first-order valence-electron chi connectivity index (χ1n) is 6.57. The predicted octanol–water partition coefficient (Wildman–Crippen LogP) is 0.517. The standard InChI is InChI=1S/C13H18N4O3S/c1-10-4-5-11(8-18)7-12(10)21(19,20)16-6-2-3-13-14-9-15-17-13/h4-5,7,9,16,18H,2-3,6,8H2,1H3,(H,14,15,17). The molecule has 0 atom stereocenters. The van der Waals surface area contributed by atoms with Gasteiger partial charge in [0, 0.05) is 13.0 Å². The second-order valence-electron chi connectivity index (χ2n) is 4.69. The Morgan fingerprint density at radius 1 is 1.38 bits per heavy atom. The third-order valence-electron chi connectivity index (χ3n) is 3.07. The van der Waals surface area contributed by atoms with Gasteiger partial charge in [-0.05, 0) is 30.5 Å². The molecule has 7 nitrogen and oxygen atoms in total. The number of hydrogen-bond acceptors (Lipinski definition) is 5. The quantitative estimate of drug-likeness (QED) is 0.646. The average molecular weight is 310 g/mol. The summed E-state index contributed by atoms with van der Waals surface area (Å²) < 4.78 is 27.1. The molecule has 0 unspecified atom stereocenters. The molecule has 2 aromatic rings. The van der Waals surface area contributed by atoms with Gasteiger partial charge in [-0.2, -0.15) is 5.10 Å². The SMILES string of the molecule is Cc1ccc(CO)cc1S(=O)(=O)NCCCc1ncn[nH]1. The summed E-state index contributed by atoms with van der Waals surface area (Å²) in [6, 6.07) is 4.89. The number of nitrogens with one attached hydrogen (secondary N) is 2. The van der Waals surface area contributed by atoms with Crippen molar-refractivity contribution >= 4 is 10.0 Å². The number of nitrogens with zero attached hydrogens (tertiary/aromatic N) is 2. The van der Waals surface area contributed by atoms with E-state index < -0.39 is 10.0 Å². The van der Waals surface area contributed by atoms with Crippen LogP contribution in [-0.4, -0.2) is 35.3 Å². The Labute approximate surface area is 123 Å². The molecular weight excluding hydrogens is 292 g/mol. The fourth-order valence-electron chi connectivity index (χ4n) is 1.92. The highest BCUT2D eigenvalue weighted by atomic mass is 32.2. The average Bonchev–Trinajstić information content (AvgIpc) is 2.97. The lowest BCUT2D eigenvalue weighted by Gasteiger charge is -2.10. The molecule has 0 saturated heterocycles. The molecule has 0 radical (unpaired) electrons. The van der Waals surface area contributed by atoms with Gasteiger partial charge in [0.25, 0.3) is 0 Å². The lowest BCUT2D eigenvalue weighted by atomic mass is 10.2. The van der Waals surface area contributed by atoms with E-state index in [0.29, 0.717) is 30.5 Å². The highest BCUT2D eigenvalue weighted by molar-refractivity contribution is 7.89. The third-order valence-corrected chi connectivity index (χ3v) is 4.68. The summed E-state index contributed by atoms with van der Waals surface area (Å²) in [5.74, 6) is 0.729. The molecule has 8 heteroatoms. The monoisotopic (exact) mass is 310 g/mol. The maximum absolute atomic E-state index is 12.3. The van der Waals surface area contributed by atoms with Crippen LogP contribution < -0.4 is 4.72 Å². The summed E-state index contributed by atoms with van der Waals surface area (Å²) in [5.41, 5.74) is 1.22. The van der Waals surface area contributed by atoms with Crippen LogP contribution in [0.25, 0.3) is 0 Å². The van der Waals surface area contributed by atoms with Crippen molar-refractivity contribution in [1.29, 1.82) is 0 Å². The maximum Gasteiger partial charge on any atom is 0.240 e. The fraction of sp³-hybridized carbons (Fsp3) is 0.385. The van der Waals surface area contributed by atoms with Gasteiger partial charge in [0.1, 0.15) is 12.2 Å². The molecule has 0 aliphatic heterocycles. The van der Waals surface area contributed by atoms with Gasteiger partial charge in [-0.1, -0.05) is 12.1 Å². The zero-order valence-corrected chi connectivity index (χ0v) is 12.5. The van der Waals surface area contributed by atoms with E-state index >= 15 is 0 Å². The van der Waals surface area contributed by atoms with Crippen LogP contribution in [0.5, 0.6) is 0 Å². The van der Waals surface area contributed by atoms with Gasteiger partial charge in [-0.15, -0.1) is 0 Å². The van der Waals surface area contributed by atoms with Crippen molar-refractivity contribution in [2.75, 3.05) is 6.54 Å². The van der Waals surface area contributed by atoms with E-state index in [0.717, 1.165) is 5.82 Å². The predicted molar refractivity (Wildman–Crippen MR) is 77.0 cm³/mol. The van der Waals surface area contributed by atoms with E-state index in [1.54, 1.807) is 19.1 Å². The first-order chi connectivity index (χ1) is 10.0. The smallest absolute Gasteiger partial charge is 0.240 e. The molecular formula is C13H18N4O3S. The Bertz CT molecular complexity index is 683. The number of sulfonamides is 1. The molecule has 0 amide bonds. The minimum atomic E-state index is -3.57. The van der Waals surface area contributed by atoms with E-state index in [4.69, 9.17) is 5.11 Å². The Morgan fingerprint density at radius 2 is 2.19 bits per heavy atom. The minimum Gasteiger partial charge on any atom is -0.392 e. The number of aliphatic hydroxyl groups is 1. The maximum atomic E-state index is 12.3. The van der Waals surface area contributed by atoms with Gasteiger partial charge >= 0.3 is 0 Å². The van der Waals surface area contributed by atoms with Crippen LogP contribution in [0.3, 0.4) is 0 Å². The normalized spacial score (nSPS) is 11.7. The Kier molecular flexibility index (Phi) is 5.05. The van der Waals surface area contributed by atoms with Crippen LogP contribution in [0.1, 0.15) is 23.4 Å². The van der Waals surface area contributed by atoms with Gasteiger partial charge in [0.2, 0.25) is 10.0 Å². The molecule has 1 heterocycles. The van der Waals surface area contributed by atoms with E-state index in [-0.39, 0.29) is 11.5 Å². The number of hydrogen-bond donors (Lipinski definition) is 3. The number of benzene rings is 1. The molecule has 2 rings (SSSR count). The molecule has 114 valence electrons. The lowest BCUT2D eigenvalue weighted by Crippen LogP contribution is -2.26. The Morgan fingerprint density at radius 3 is 2.86 bits per heavy atom. The van der Waals surface area contributed by atoms with Gasteiger partial charge < -0.3 is 5.11 Å². The van der Waals surface area contributed by atoms with Crippen molar-refractivity contribution in [3.63, 3.8) is 0 Å². The summed E-state index contributed by atoms with van der Waals surface area (Å²) in [7, 11) is -3.57. The summed E-state index contributed by atoms with van der Waals surface area (Å²) in [6.45, 7) is 1.85. The second-order valence-corrected chi connectivity index (χ2v) is 6.43. The van der Waals surface area contributed by atoms with Crippen molar-refractivity contribution in [3.05, 3.63) is 41.5 Å². The van der Waals surface area contributed by atoms with Crippen molar-refractivity contribution < 1.29 is 13.5 Å². The molecule has 0 saturated carbocycles. The van der Waals surface area contributed by atoms with E-state index in [9.17, 15) is 8.42 Å². The molecule has 0 aliphatic carbocycles. The Hall–Kier alpha value is -1.77. The van der Waals surface area contributed by atoms with E-state index in [1.807, 2.05) is 0 Å². The highest BCUT2D eigenvalue weighted by Crippen LogP contribution is 2.17. The number of aromatic nitrogens is 3. The molecule has 1 aromatic heterocycles. The van der Waals surface area contributed by atoms with Crippen LogP contribution in [0.2, 0.25) is 0 Å². The summed E-state index contributed by atoms with van der Waals surface area (Å²) in [4.78, 5) is 4.18. The van der Waals surface area contributed by atoms with Gasteiger partial charge in [-0.25, -0.2) is 18.1 Å². The van der Waals surface area contributed by atoms with Crippen molar-refractivity contribution in [2.24, 2.45) is 0 Å². The number of rotatable bonds is 7. The first kappa shape index (κ1) is 15.6. The zero-order chi connectivity index (χ0) is 15.3. The van der Waals surface area contributed by atoms with Crippen LogP contribution in [-0.2, 0) is 23.1 Å². The van der Waals surface area contributed by atoms with Crippen LogP contribution in [0, 0.1) is 6.92 Å². The van der Waals surface area contributed by atoms with E-state index in [2.05, 4.69) is 19.9 Å². The molecule has 21 heavy (non-hydrogen) atoms. The van der Waals surface area contributed by atoms with Gasteiger partial charge in [0.15, 0.2) is 0 Å². The van der Waals surface area contributed by atoms with Crippen LogP contribution in [0.4, 0.5) is 0 Å². The number of aromatic amines is 1. The number of aryl methyl sites for hydroxylation is 2. The van der Waals surface area contributed by atoms with Gasteiger partial charge in [0.05, 0.1) is 11.5 Å². The minimum absolute atomic E-state index is 0.186. The topological polar surface area (TPSA) is 108 Å². The van der Waals surface area contributed by atoms with E-state index in [1.165, 1.54) is 12.4 Å².